The van der Waals surface area contributed by atoms with E-state index in [0.29, 0.717) is 0 Å². The van der Waals surface area contributed by atoms with Gasteiger partial charge in [0.2, 0.25) is 0 Å². The highest BCUT2D eigenvalue weighted by molar-refractivity contribution is 7.26. The molecule has 3 aromatic heterocycles. The first-order valence-corrected chi connectivity index (χ1v) is 21.9. The van der Waals surface area contributed by atoms with Crippen LogP contribution in [0.25, 0.3) is 103 Å². The van der Waals surface area contributed by atoms with E-state index < -0.39 is 0 Å². The second-order valence-electron chi connectivity index (χ2n) is 16.0. The molecule has 290 valence electrons. The van der Waals surface area contributed by atoms with E-state index >= 15 is 0 Å². The van der Waals surface area contributed by atoms with Crippen LogP contribution in [0.1, 0.15) is 0 Å². The molecule has 0 aliphatic carbocycles. The minimum Gasteiger partial charge on any atom is -0.455 e. The van der Waals surface area contributed by atoms with E-state index in [9.17, 15) is 0 Å². The van der Waals surface area contributed by atoms with Crippen molar-refractivity contribution >= 4 is 103 Å². The third-order valence-corrected chi connectivity index (χ3v) is 13.8. The van der Waals surface area contributed by atoms with Crippen molar-refractivity contribution < 1.29 is 4.42 Å². The second-order valence-corrected chi connectivity index (χ2v) is 17.1. The number of thiophene rings is 1. The van der Waals surface area contributed by atoms with E-state index in [0.717, 1.165) is 61.2 Å². The molecule has 4 heteroatoms. The first-order valence-electron chi connectivity index (χ1n) is 21.1. The van der Waals surface area contributed by atoms with Gasteiger partial charge in [-0.2, -0.15) is 0 Å². The minimum atomic E-state index is 0.898. The molecule has 0 unspecified atom stereocenters. The molecule has 0 spiro atoms. The number of hydrogen-bond donors (Lipinski definition) is 0. The third kappa shape index (κ3) is 5.37. The van der Waals surface area contributed by atoms with Crippen molar-refractivity contribution in [1.29, 1.82) is 0 Å². The summed E-state index contributed by atoms with van der Waals surface area (Å²) < 4.78 is 11.6. The zero-order valence-electron chi connectivity index (χ0n) is 33.5. The summed E-state index contributed by atoms with van der Waals surface area (Å²) >= 11 is 1.87. The average molecular weight is 809 g/mol. The number of hydrogen-bond acceptors (Lipinski definition) is 3. The van der Waals surface area contributed by atoms with Crippen LogP contribution in [0.15, 0.2) is 223 Å². The number of benzene rings is 10. The number of aromatic nitrogens is 1. The van der Waals surface area contributed by atoms with Crippen molar-refractivity contribution in [3.8, 4) is 27.9 Å². The van der Waals surface area contributed by atoms with Crippen LogP contribution in [0.4, 0.5) is 17.1 Å². The summed E-state index contributed by atoms with van der Waals surface area (Å²) in [7, 11) is 0. The van der Waals surface area contributed by atoms with Gasteiger partial charge in [0.05, 0.1) is 11.0 Å². The van der Waals surface area contributed by atoms with Crippen molar-refractivity contribution in [2.24, 2.45) is 0 Å². The van der Waals surface area contributed by atoms with Gasteiger partial charge in [0.15, 0.2) is 0 Å². The Balaban J connectivity index is 0.931. The van der Waals surface area contributed by atoms with Crippen molar-refractivity contribution in [3.05, 3.63) is 218 Å². The SMILES string of the molecule is c1ccc2c(c1)ccc1c2oc2cccc(-c3ccc(N(c4ccc(-c5cccc6c5sc5ccccc56)cc4)c4ccc(-n5c6ccccc6c6ccccc65)cc4)cc3)c21. The van der Waals surface area contributed by atoms with Crippen LogP contribution in [0, 0.1) is 0 Å². The fourth-order valence-corrected chi connectivity index (χ4v) is 11.0. The molecule has 13 aromatic rings. The predicted octanol–water partition coefficient (Wildman–Crippen LogP) is 17.0. The molecule has 13 rings (SSSR count). The first-order chi connectivity index (χ1) is 30.7. The largest absolute Gasteiger partial charge is 0.455 e. The molecule has 0 saturated heterocycles. The van der Waals surface area contributed by atoms with E-state index in [1.54, 1.807) is 0 Å². The first kappa shape index (κ1) is 34.9. The van der Waals surface area contributed by atoms with Crippen molar-refractivity contribution in [2.45, 2.75) is 0 Å². The van der Waals surface area contributed by atoms with Crippen LogP contribution < -0.4 is 4.90 Å². The number of rotatable bonds is 6. The Hall–Kier alpha value is -7.92. The number of para-hydroxylation sites is 2. The molecule has 62 heavy (non-hydrogen) atoms. The molecule has 10 aromatic carbocycles. The number of furan rings is 1. The molecule has 0 aliphatic heterocycles. The quantitative estimate of drug-likeness (QED) is 0.167. The molecule has 0 bridgehead atoms. The lowest BCUT2D eigenvalue weighted by Gasteiger charge is -2.26. The molecule has 0 saturated carbocycles. The van der Waals surface area contributed by atoms with E-state index in [1.807, 2.05) is 11.3 Å². The highest BCUT2D eigenvalue weighted by Crippen LogP contribution is 2.44. The zero-order chi connectivity index (χ0) is 40.7. The van der Waals surface area contributed by atoms with Crippen LogP contribution in [0.3, 0.4) is 0 Å². The van der Waals surface area contributed by atoms with Gasteiger partial charge in [-0.1, -0.05) is 140 Å². The van der Waals surface area contributed by atoms with Gasteiger partial charge in [-0.25, -0.2) is 0 Å². The molecular formula is C58H36N2OS. The van der Waals surface area contributed by atoms with Crippen LogP contribution in [-0.4, -0.2) is 4.57 Å². The lowest BCUT2D eigenvalue weighted by Crippen LogP contribution is -2.10. The molecule has 0 N–H and O–H groups in total. The Kier molecular flexibility index (Phi) is 7.78. The van der Waals surface area contributed by atoms with Gasteiger partial charge in [0, 0.05) is 69.9 Å². The Morgan fingerprint density at radius 2 is 0.935 bits per heavy atom. The number of fused-ring (bicyclic) bond motifs is 11. The van der Waals surface area contributed by atoms with Crippen LogP contribution in [0.2, 0.25) is 0 Å². The standard InChI is InChI=1S/C58H36N2OS/c1-2-12-45-37(11-1)27-36-51-56-44(16-10-21-54(56)61-57(45)51)38-23-28-40(29-24-38)59(41-30-25-39(26-31-41)46-17-9-18-50-49-15-5-8-22-55(49)62-58(46)50)42-32-34-43(35-33-42)60-52-19-6-3-13-47(52)48-14-4-7-20-53(48)60/h1-36H. The molecule has 0 radical (unpaired) electrons. The van der Waals surface area contributed by atoms with Gasteiger partial charge in [0.1, 0.15) is 11.2 Å². The van der Waals surface area contributed by atoms with Crippen LogP contribution >= 0.6 is 11.3 Å². The summed E-state index contributed by atoms with van der Waals surface area (Å²) in [6.07, 6.45) is 0. The summed E-state index contributed by atoms with van der Waals surface area (Å²) in [5.74, 6) is 0. The molecular weight excluding hydrogens is 773 g/mol. The highest BCUT2D eigenvalue weighted by Gasteiger charge is 2.19. The van der Waals surface area contributed by atoms with Gasteiger partial charge in [-0.15, -0.1) is 11.3 Å². The smallest absolute Gasteiger partial charge is 0.143 e. The maximum Gasteiger partial charge on any atom is 0.143 e. The Bertz CT molecular complexity index is 3800. The van der Waals surface area contributed by atoms with Gasteiger partial charge in [-0.05, 0) is 107 Å². The van der Waals surface area contributed by atoms with Crippen molar-refractivity contribution in [1.82, 2.24) is 4.57 Å². The maximum absolute atomic E-state index is 6.56. The molecule has 0 aliphatic rings. The van der Waals surface area contributed by atoms with Crippen LogP contribution in [0.5, 0.6) is 0 Å². The van der Waals surface area contributed by atoms with Crippen LogP contribution in [-0.2, 0) is 0 Å². The lowest BCUT2D eigenvalue weighted by atomic mass is 9.98. The van der Waals surface area contributed by atoms with E-state index in [4.69, 9.17) is 4.42 Å². The maximum atomic E-state index is 6.56. The van der Waals surface area contributed by atoms with E-state index in [2.05, 4.69) is 228 Å². The normalized spacial score (nSPS) is 11.9. The molecule has 0 atom stereocenters. The fourth-order valence-electron chi connectivity index (χ4n) is 9.75. The van der Waals surface area contributed by atoms with Crippen molar-refractivity contribution in [2.75, 3.05) is 4.90 Å². The van der Waals surface area contributed by atoms with Gasteiger partial charge in [0.25, 0.3) is 0 Å². The van der Waals surface area contributed by atoms with Gasteiger partial charge < -0.3 is 13.9 Å². The van der Waals surface area contributed by atoms with Gasteiger partial charge in [-0.3, -0.25) is 0 Å². The summed E-state index contributed by atoms with van der Waals surface area (Å²) in [4.78, 5) is 2.36. The Morgan fingerprint density at radius 3 is 1.65 bits per heavy atom. The Labute approximate surface area is 361 Å². The third-order valence-electron chi connectivity index (χ3n) is 12.6. The second kappa shape index (κ2) is 13.8. The highest BCUT2D eigenvalue weighted by atomic mass is 32.1. The molecule has 3 nitrogen and oxygen atoms in total. The zero-order valence-corrected chi connectivity index (χ0v) is 34.3. The Morgan fingerprint density at radius 1 is 0.387 bits per heavy atom. The van der Waals surface area contributed by atoms with E-state index in [1.165, 1.54) is 58.5 Å². The monoisotopic (exact) mass is 808 g/mol. The van der Waals surface area contributed by atoms with E-state index in [-0.39, 0.29) is 0 Å². The topological polar surface area (TPSA) is 21.3 Å². The summed E-state index contributed by atoms with van der Waals surface area (Å²) in [5.41, 5.74) is 13.4. The lowest BCUT2D eigenvalue weighted by molar-refractivity contribution is 0.673. The van der Waals surface area contributed by atoms with Gasteiger partial charge >= 0.3 is 0 Å². The fraction of sp³-hybridized carbons (Fsp3) is 0. The summed E-state index contributed by atoms with van der Waals surface area (Å²) in [6, 6.07) is 79.1. The number of anilines is 3. The summed E-state index contributed by atoms with van der Waals surface area (Å²) in [5, 5.41) is 9.73. The predicted molar refractivity (Wildman–Crippen MR) is 264 cm³/mol. The molecule has 0 amide bonds. The molecule has 3 heterocycles. The molecule has 0 fully saturated rings. The van der Waals surface area contributed by atoms with Crippen molar-refractivity contribution in [3.63, 3.8) is 0 Å². The summed E-state index contributed by atoms with van der Waals surface area (Å²) in [6.45, 7) is 0. The average Bonchev–Trinajstić information content (AvgIpc) is 4.03. The minimum absolute atomic E-state index is 0.898. The number of nitrogens with zero attached hydrogens (tertiary/aromatic N) is 2.